The Morgan fingerprint density at radius 3 is 2.66 bits per heavy atom. The summed E-state index contributed by atoms with van der Waals surface area (Å²) >= 11 is 0. The number of benzene rings is 1. The molecule has 0 aliphatic carbocycles. The lowest BCUT2D eigenvalue weighted by atomic mass is 10.0. The van der Waals surface area contributed by atoms with Gasteiger partial charge in [0, 0.05) is 42.1 Å². The largest absolute Gasteiger partial charge is 0.339 e. The topological polar surface area (TPSA) is 103 Å². The minimum absolute atomic E-state index is 0.0256. The van der Waals surface area contributed by atoms with E-state index >= 15 is 0 Å². The first-order valence-corrected chi connectivity index (χ1v) is 10.8. The molecule has 8 nitrogen and oxygen atoms in total. The highest BCUT2D eigenvalue weighted by Gasteiger charge is 2.22. The predicted molar refractivity (Wildman–Crippen MR) is 120 cm³/mol. The molecule has 3 heterocycles. The monoisotopic (exact) mass is 430 g/mol. The van der Waals surface area contributed by atoms with Crippen molar-refractivity contribution in [3.05, 3.63) is 58.0 Å². The van der Waals surface area contributed by atoms with Gasteiger partial charge in [-0.3, -0.25) is 9.59 Å². The van der Waals surface area contributed by atoms with Crippen LogP contribution in [-0.2, 0) is 11.2 Å². The maximum Gasteiger partial charge on any atom is 0.254 e. The number of nitrogens with zero attached hydrogens (tertiary/aromatic N) is 5. The van der Waals surface area contributed by atoms with E-state index in [1.807, 2.05) is 43.9 Å². The number of aromatic nitrogens is 3. The lowest BCUT2D eigenvalue weighted by molar-refractivity contribution is -0.116. The molecule has 0 atom stereocenters. The van der Waals surface area contributed by atoms with E-state index in [2.05, 4.69) is 21.5 Å². The fraction of sp³-hybridized carbons (Fsp3) is 0.375. The summed E-state index contributed by atoms with van der Waals surface area (Å²) in [5.41, 5.74) is 5.64. The standard InChI is InChI=1S/C24H26N6O2/c1-15-19(24(32)29-11-4-5-12-29)7-6-8-21(15)28-22(31)10-9-20-16(2)27-23-18(13-25)14-26-30(23)17(20)3/h6-8,14H,4-5,9-12H2,1-3H3,(H,28,31). The molecule has 2 aromatic heterocycles. The van der Waals surface area contributed by atoms with Crippen molar-refractivity contribution in [1.29, 1.82) is 5.26 Å². The number of aryl methyl sites for hydroxylation is 2. The number of hydrogen-bond acceptors (Lipinski definition) is 5. The Morgan fingerprint density at radius 1 is 1.19 bits per heavy atom. The lowest BCUT2D eigenvalue weighted by Gasteiger charge is -2.18. The number of rotatable bonds is 5. The van der Waals surface area contributed by atoms with Crippen molar-refractivity contribution in [2.75, 3.05) is 18.4 Å². The molecule has 0 unspecified atom stereocenters. The molecule has 3 aromatic rings. The number of nitrogens with one attached hydrogen (secondary N) is 1. The normalized spacial score (nSPS) is 13.4. The molecule has 1 N–H and O–H groups in total. The van der Waals surface area contributed by atoms with Crippen LogP contribution in [0.1, 0.15) is 57.7 Å². The Hall–Kier alpha value is -3.73. The minimum atomic E-state index is -0.129. The van der Waals surface area contributed by atoms with Crippen LogP contribution in [0.15, 0.2) is 24.4 Å². The van der Waals surface area contributed by atoms with E-state index < -0.39 is 0 Å². The fourth-order valence-electron chi connectivity index (χ4n) is 4.30. The quantitative estimate of drug-likeness (QED) is 0.669. The number of carbonyl (C=O) groups excluding carboxylic acids is 2. The summed E-state index contributed by atoms with van der Waals surface area (Å²) in [6.45, 7) is 7.25. The molecule has 0 saturated carbocycles. The highest BCUT2D eigenvalue weighted by atomic mass is 16.2. The molecule has 1 aliphatic rings. The van der Waals surface area contributed by atoms with Gasteiger partial charge in [-0.15, -0.1) is 0 Å². The smallest absolute Gasteiger partial charge is 0.254 e. The number of carbonyl (C=O) groups is 2. The zero-order chi connectivity index (χ0) is 22.8. The second-order valence-corrected chi connectivity index (χ2v) is 8.19. The van der Waals surface area contributed by atoms with Crippen LogP contribution in [0, 0.1) is 32.1 Å². The Morgan fingerprint density at radius 2 is 1.94 bits per heavy atom. The van der Waals surface area contributed by atoms with Gasteiger partial charge in [-0.2, -0.15) is 10.4 Å². The van der Waals surface area contributed by atoms with Gasteiger partial charge in [-0.1, -0.05) is 6.07 Å². The molecule has 0 radical (unpaired) electrons. The molecule has 1 aromatic carbocycles. The van der Waals surface area contributed by atoms with Gasteiger partial charge >= 0.3 is 0 Å². The first kappa shape index (κ1) is 21.5. The Balaban J connectivity index is 1.48. The molecule has 1 fully saturated rings. The van der Waals surface area contributed by atoms with Crippen molar-refractivity contribution in [3.63, 3.8) is 0 Å². The summed E-state index contributed by atoms with van der Waals surface area (Å²) in [5, 5.41) is 16.4. The van der Waals surface area contributed by atoms with Crippen molar-refractivity contribution < 1.29 is 9.59 Å². The van der Waals surface area contributed by atoms with Crippen LogP contribution in [0.3, 0.4) is 0 Å². The van der Waals surface area contributed by atoms with Crippen LogP contribution in [-0.4, -0.2) is 44.4 Å². The fourth-order valence-corrected chi connectivity index (χ4v) is 4.30. The molecule has 8 heteroatoms. The van der Waals surface area contributed by atoms with E-state index in [-0.39, 0.29) is 18.2 Å². The second kappa shape index (κ2) is 8.79. The minimum Gasteiger partial charge on any atom is -0.339 e. The molecule has 32 heavy (non-hydrogen) atoms. The van der Waals surface area contributed by atoms with E-state index in [1.54, 1.807) is 4.52 Å². The van der Waals surface area contributed by atoms with Crippen molar-refractivity contribution in [3.8, 4) is 6.07 Å². The van der Waals surface area contributed by atoms with Crippen LogP contribution >= 0.6 is 0 Å². The maximum atomic E-state index is 12.8. The van der Waals surface area contributed by atoms with E-state index in [0.717, 1.165) is 48.4 Å². The van der Waals surface area contributed by atoms with Gasteiger partial charge in [0.15, 0.2) is 5.65 Å². The highest BCUT2D eigenvalue weighted by Crippen LogP contribution is 2.23. The van der Waals surface area contributed by atoms with E-state index in [4.69, 9.17) is 0 Å². The van der Waals surface area contributed by atoms with Crippen molar-refractivity contribution in [2.24, 2.45) is 0 Å². The number of nitriles is 1. The second-order valence-electron chi connectivity index (χ2n) is 8.19. The number of fused-ring (bicyclic) bond motifs is 1. The molecule has 164 valence electrons. The van der Waals surface area contributed by atoms with E-state index in [0.29, 0.717) is 28.9 Å². The summed E-state index contributed by atoms with van der Waals surface area (Å²) in [5.74, 6) is -0.103. The summed E-state index contributed by atoms with van der Waals surface area (Å²) in [6.07, 6.45) is 4.35. The number of likely N-dealkylation sites (tertiary alicyclic amines) is 1. The first-order chi connectivity index (χ1) is 15.4. The zero-order valence-corrected chi connectivity index (χ0v) is 18.6. The van der Waals surface area contributed by atoms with E-state index in [1.165, 1.54) is 6.20 Å². The molecule has 4 rings (SSSR count). The average molecular weight is 431 g/mol. The SMILES string of the molecule is Cc1nc2c(C#N)cnn2c(C)c1CCC(=O)Nc1cccc(C(=O)N2CCCC2)c1C. The zero-order valence-electron chi connectivity index (χ0n) is 18.6. The van der Waals surface area contributed by atoms with Crippen LogP contribution in [0.4, 0.5) is 5.69 Å². The van der Waals surface area contributed by atoms with Gasteiger partial charge in [0.25, 0.3) is 5.91 Å². The Labute approximate surface area is 186 Å². The van der Waals surface area contributed by atoms with Crippen molar-refractivity contribution >= 4 is 23.1 Å². The Kier molecular flexibility index (Phi) is 5.91. The summed E-state index contributed by atoms with van der Waals surface area (Å²) < 4.78 is 1.65. The van der Waals surface area contributed by atoms with Gasteiger partial charge < -0.3 is 10.2 Å². The first-order valence-electron chi connectivity index (χ1n) is 10.8. The maximum absolute atomic E-state index is 12.8. The van der Waals surface area contributed by atoms with Gasteiger partial charge in [-0.05, 0) is 63.3 Å². The molecular weight excluding hydrogens is 404 g/mol. The van der Waals surface area contributed by atoms with Gasteiger partial charge in [0.05, 0.1) is 6.20 Å². The van der Waals surface area contributed by atoms with Gasteiger partial charge in [-0.25, -0.2) is 9.50 Å². The molecule has 1 saturated heterocycles. The Bertz CT molecular complexity index is 1250. The van der Waals surface area contributed by atoms with Crippen molar-refractivity contribution in [1.82, 2.24) is 19.5 Å². The highest BCUT2D eigenvalue weighted by molar-refractivity contribution is 5.99. The lowest BCUT2D eigenvalue weighted by Crippen LogP contribution is -2.28. The van der Waals surface area contributed by atoms with Gasteiger partial charge in [0.1, 0.15) is 11.6 Å². The third-order valence-corrected chi connectivity index (χ3v) is 6.16. The number of anilines is 1. The molecular formula is C24H26N6O2. The van der Waals surface area contributed by atoms with Crippen LogP contribution in [0.2, 0.25) is 0 Å². The summed E-state index contributed by atoms with van der Waals surface area (Å²) in [6, 6.07) is 7.55. The third-order valence-electron chi connectivity index (χ3n) is 6.16. The molecule has 0 spiro atoms. The van der Waals surface area contributed by atoms with Crippen LogP contribution in [0.5, 0.6) is 0 Å². The van der Waals surface area contributed by atoms with Gasteiger partial charge in [0.2, 0.25) is 5.91 Å². The predicted octanol–water partition coefficient (Wildman–Crippen LogP) is 3.33. The molecule has 2 amide bonds. The summed E-state index contributed by atoms with van der Waals surface area (Å²) in [7, 11) is 0. The van der Waals surface area contributed by atoms with E-state index in [9.17, 15) is 14.9 Å². The number of hydrogen-bond donors (Lipinski definition) is 1. The average Bonchev–Trinajstić information content (AvgIpc) is 3.44. The summed E-state index contributed by atoms with van der Waals surface area (Å²) in [4.78, 5) is 31.9. The van der Waals surface area contributed by atoms with Crippen LogP contribution in [0.25, 0.3) is 5.65 Å². The molecule has 1 aliphatic heterocycles. The number of amides is 2. The van der Waals surface area contributed by atoms with Crippen molar-refractivity contribution in [2.45, 2.75) is 46.5 Å². The van der Waals surface area contributed by atoms with Crippen LogP contribution < -0.4 is 5.32 Å². The molecule has 0 bridgehead atoms. The third kappa shape index (κ3) is 3.94.